The molecule has 1 unspecified atom stereocenters. The van der Waals surface area contributed by atoms with Crippen molar-refractivity contribution in [1.82, 2.24) is 4.90 Å². The molecule has 0 aromatic heterocycles. The Morgan fingerprint density at radius 1 is 1.50 bits per heavy atom. The summed E-state index contributed by atoms with van der Waals surface area (Å²) in [5.41, 5.74) is 5.38. The highest BCUT2D eigenvalue weighted by Crippen LogP contribution is 2.27. The van der Waals surface area contributed by atoms with Crippen LogP contribution in [-0.4, -0.2) is 42.1 Å². The predicted molar refractivity (Wildman–Crippen MR) is 62.0 cm³/mol. The van der Waals surface area contributed by atoms with Crippen LogP contribution < -0.4 is 5.73 Å². The van der Waals surface area contributed by atoms with Gasteiger partial charge in [0.25, 0.3) is 0 Å². The lowest BCUT2D eigenvalue weighted by molar-refractivity contribution is -0.139. The number of nitrogens with two attached hydrogens (primary N) is 1. The lowest BCUT2D eigenvalue weighted by Crippen LogP contribution is -2.57. The van der Waals surface area contributed by atoms with Crippen molar-refractivity contribution < 1.29 is 9.53 Å². The van der Waals surface area contributed by atoms with Crippen molar-refractivity contribution in [2.45, 2.75) is 50.6 Å². The first kappa shape index (κ1) is 11.9. The number of carbonyl (C=O) groups excluding carboxylic acids is 1. The van der Waals surface area contributed by atoms with E-state index in [2.05, 4.69) is 0 Å². The van der Waals surface area contributed by atoms with Crippen molar-refractivity contribution in [2.75, 3.05) is 19.8 Å². The molecule has 1 saturated heterocycles. The van der Waals surface area contributed by atoms with Crippen LogP contribution in [0.1, 0.15) is 39.0 Å². The number of amides is 1. The molecule has 0 spiro atoms. The van der Waals surface area contributed by atoms with Gasteiger partial charge in [-0.1, -0.05) is 12.8 Å². The van der Waals surface area contributed by atoms with Crippen LogP contribution in [0.5, 0.6) is 0 Å². The van der Waals surface area contributed by atoms with Crippen LogP contribution in [0.25, 0.3) is 0 Å². The van der Waals surface area contributed by atoms with Gasteiger partial charge in [-0.25, -0.2) is 0 Å². The Morgan fingerprint density at radius 2 is 2.19 bits per heavy atom. The SMILES string of the molecule is CCN(C(=O)C1(N)CCOC1)C1CCCC1. The second-order valence-corrected chi connectivity index (χ2v) is 4.99. The molecular formula is C12H22N2O2. The first-order valence-corrected chi connectivity index (χ1v) is 6.35. The fraction of sp³-hybridized carbons (Fsp3) is 0.917. The molecule has 1 atom stereocenters. The van der Waals surface area contributed by atoms with Crippen LogP contribution in [0, 0.1) is 0 Å². The summed E-state index contributed by atoms with van der Waals surface area (Å²) in [5.74, 6) is 0.0967. The van der Waals surface area contributed by atoms with Crippen molar-refractivity contribution in [1.29, 1.82) is 0 Å². The Labute approximate surface area is 97.1 Å². The zero-order valence-corrected chi connectivity index (χ0v) is 10.1. The third-order valence-electron chi connectivity index (χ3n) is 3.85. The van der Waals surface area contributed by atoms with Gasteiger partial charge in [0.15, 0.2) is 0 Å². The van der Waals surface area contributed by atoms with E-state index in [0.717, 1.165) is 19.4 Å². The van der Waals surface area contributed by atoms with Crippen LogP contribution in [0.15, 0.2) is 0 Å². The molecule has 0 bridgehead atoms. The van der Waals surface area contributed by atoms with Gasteiger partial charge in [-0.2, -0.15) is 0 Å². The Morgan fingerprint density at radius 3 is 2.69 bits per heavy atom. The van der Waals surface area contributed by atoms with Crippen molar-refractivity contribution in [3.63, 3.8) is 0 Å². The predicted octanol–water partition coefficient (Wildman–Crippen LogP) is 0.895. The molecular weight excluding hydrogens is 204 g/mol. The number of rotatable bonds is 3. The Bertz CT molecular complexity index is 256. The Hall–Kier alpha value is -0.610. The number of nitrogens with zero attached hydrogens (tertiary/aromatic N) is 1. The van der Waals surface area contributed by atoms with Crippen molar-refractivity contribution >= 4 is 5.91 Å². The average Bonchev–Trinajstić information content (AvgIpc) is 2.91. The van der Waals surface area contributed by atoms with E-state index in [9.17, 15) is 4.79 Å². The molecule has 0 radical (unpaired) electrons. The maximum atomic E-state index is 12.4. The van der Waals surface area contributed by atoms with Crippen LogP contribution in [-0.2, 0) is 9.53 Å². The average molecular weight is 226 g/mol. The molecule has 2 aliphatic rings. The molecule has 1 aliphatic carbocycles. The zero-order valence-electron chi connectivity index (χ0n) is 10.1. The van der Waals surface area contributed by atoms with E-state index in [1.165, 1.54) is 12.8 Å². The van der Waals surface area contributed by atoms with E-state index >= 15 is 0 Å². The van der Waals surface area contributed by atoms with Gasteiger partial charge in [-0.15, -0.1) is 0 Å². The molecule has 1 heterocycles. The molecule has 2 fully saturated rings. The Balaban J connectivity index is 2.05. The minimum absolute atomic E-state index is 0.0967. The standard InChI is InChI=1S/C12H22N2O2/c1-2-14(10-5-3-4-6-10)11(15)12(13)7-8-16-9-12/h10H,2-9,13H2,1H3. The summed E-state index contributed by atoms with van der Waals surface area (Å²) in [7, 11) is 0. The summed E-state index contributed by atoms with van der Waals surface area (Å²) in [6.45, 7) is 3.80. The molecule has 0 aromatic rings. The summed E-state index contributed by atoms with van der Waals surface area (Å²) in [6, 6.07) is 0.415. The number of carbonyl (C=O) groups is 1. The topological polar surface area (TPSA) is 55.6 Å². The second kappa shape index (κ2) is 4.72. The molecule has 2 rings (SSSR count). The number of hydrogen-bond acceptors (Lipinski definition) is 3. The maximum Gasteiger partial charge on any atom is 0.245 e. The van der Waals surface area contributed by atoms with Crippen LogP contribution >= 0.6 is 0 Å². The molecule has 1 saturated carbocycles. The van der Waals surface area contributed by atoms with Gasteiger partial charge >= 0.3 is 0 Å². The van der Waals surface area contributed by atoms with Gasteiger partial charge in [0.1, 0.15) is 5.54 Å². The Kier molecular flexibility index (Phi) is 3.50. The number of likely N-dealkylation sites (N-methyl/N-ethyl adjacent to an activating group) is 1. The summed E-state index contributed by atoms with van der Waals surface area (Å²) >= 11 is 0. The van der Waals surface area contributed by atoms with Gasteiger partial charge in [0.05, 0.1) is 6.61 Å². The van der Waals surface area contributed by atoms with Crippen molar-refractivity contribution in [3.8, 4) is 0 Å². The van der Waals surface area contributed by atoms with Gasteiger partial charge < -0.3 is 15.4 Å². The second-order valence-electron chi connectivity index (χ2n) is 4.99. The summed E-state index contributed by atoms with van der Waals surface area (Å²) in [4.78, 5) is 14.4. The highest BCUT2D eigenvalue weighted by atomic mass is 16.5. The minimum atomic E-state index is -0.751. The fourth-order valence-electron chi connectivity index (χ4n) is 2.82. The third-order valence-corrected chi connectivity index (χ3v) is 3.85. The van der Waals surface area contributed by atoms with Gasteiger partial charge in [-0.3, -0.25) is 4.79 Å². The van der Waals surface area contributed by atoms with E-state index in [1.54, 1.807) is 0 Å². The monoisotopic (exact) mass is 226 g/mol. The molecule has 1 amide bonds. The van der Waals surface area contributed by atoms with Crippen LogP contribution in [0.4, 0.5) is 0 Å². The quantitative estimate of drug-likeness (QED) is 0.777. The first-order valence-electron chi connectivity index (χ1n) is 6.35. The van der Waals surface area contributed by atoms with E-state index < -0.39 is 5.54 Å². The lowest BCUT2D eigenvalue weighted by Gasteiger charge is -2.34. The highest BCUT2D eigenvalue weighted by Gasteiger charge is 2.42. The summed E-state index contributed by atoms with van der Waals surface area (Å²) in [5, 5.41) is 0. The van der Waals surface area contributed by atoms with E-state index in [0.29, 0.717) is 25.7 Å². The molecule has 92 valence electrons. The lowest BCUT2D eigenvalue weighted by atomic mass is 9.97. The van der Waals surface area contributed by atoms with Crippen molar-refractivity contribution in [3.05, 3.63) is 0 Å². The van der Waals surface area contributed by atoms with Crippen molar-refractivity contribution in [2.24, 2.45) is 5.73 Å². The minimum Gasteiger partial charge on any atom is -0.379 e. The number of ether oxygens (including phenoxy) is 1. The molecule has 4 heteroatoms. The molecule has 1 aliphatic heterocycles. The molecule has 16 heavy (non-hydrogen) atoms. The van der Waals surface area contributed by atoms with E-state index in [1.807, 2.05) is 11.8 Å². The van der Waals surface area contributed by atoms with Gasteiger partial charge in [-0.05, 0) is 26.2 Å². The zero-order chi connectivity index (χ0) is 11.6. The van der Waals surface area contributed by atoms with Gasteiger partial charge in [0.2, 0.25) is 5.91 Å². The maximum absolute atomic E-state index is 12.4. The highest BCUT2D eigenvalue weighted by molar-refractivity contribution is 5.87. The molecule has 4 nitrogen and oxygen atoms in total. The third kappa shape index (κ3) is 2.09. The smallest absolute Gasteiger partial charge is 0.245 e. The normalized spacial score (nSPS) is 30.9. The van der Waals surface area contributed by atoms with E-state index in [4.69, 9.17) is 10.5 Å². The summed E-state index contributed by atoms with van der Waals surface area (Å²) < 4.78 is 5.27. The molecule has 2 N–H and O–H groups in total. The summed E-state index contributed by atoms with van der Waals surface area (Å²) in [6.07, 6.45) is 5.41. The van der Waals surface area contributed by atoms with Crippen LogP contribution in [0.2, 0.25) is 0 Å². The largest absolute Gasteiger partial charge is 0.379 e. The number of hydrogen-bond donors (Lipinski definition) is 1. The first-order chi connectivity index (χ1) is 7.67. The fourth-order valence-corrected chi connectivity index (χ4v) is 2.82. The van der Waals surface area contributed by atoms with Crippen LogP contribution in [0.3, 0.4) is 0 Å². The van der Waals surface area contributed by atoms with Gasteiger partial charge in [0, 0.05) is 19.2 Å². The van der Waals surface area contributed by atoms with E-state index in [-0.39, 0.29) is 5.91 Å². The molecule has 0 aromatic carbocycles.